The summed E-state index contributed by atoms with van der Waals surface area (Å²) in [7, 11) is 0. The van der Waals surface area contributed by atoms with Crippen molar-refractivity contribution in [2.24, 2.45) is 0 Å². The molecule has 0 radical (unpaired) electrons. The number of rotatable bonds is 5. The van der Waals surface area contributed by atoms with Crippen molar-refractivity contribution in [3.63, 3.8) is 0 Å². The predicted octanol–water partition coefficient (Wildman–Crippen LogP) is 2.05. The van der Waals surface area contributed by atoms with Gasteiger partial charge in [0.25, 0.3) is 5.91 Å². The lowest BCUT2D eigenvalue weighted by molar-refractivity contribution is -0.0498. The van der Waals surface area contributed by atoms with E-state index in [1.807, 2.05) is 0 Å². The Hall–Kier alpha value is -2.55. The molecular weight excluding hydrogens is 344 g/mol. The van der Waals surface area contributed by atoms with Crippen molar-refractivity contribution in [1.82, 2.24) is 25.6 Å². The topological polar surface area (TPSA) is 81.1 Å². The second kappa shape index (κ2) is 7.77. The second-order valence-electron chi connectivity index (χ2n) is 6.36. The third-order valence-corrected chi connectivity index (χ3v) is 4.37. The summed E-state index contributed by atoms with van der Waals surface area (Å²) in [6.07, 6.45) is 1.74. The molecule has 3 rings (SSSR count). The minimum Gasteiger partial charge on any atom is -0.435 e. The molecule has 0 aliphatic carbocycles. The Morgan fingerprint density at radius 3 is 2.77 bits per heavy atom. The van der Waals surface area contributed by atoms with Crippen LogP contribution in [0, 0.1) is 6.92 Å². The number of piperidine rings is 1. The van der Waals surface area contributed by atoms with E-state index in [1.54, 1.807) is 19.1 Å². The van der Waals surface area contributed by atoms with Gasteiger partial charge in [-0.25, -0.2) is 4.68 Å². The third-order valence-electron chi connectivity index (χ3n) is 4.37. The maximum atomic E-state index is 12.5. The van der Waals surface area contributed by atoms with Gasteiger partial charge in [0, 0.05) is 12.1 Å². The Morgan fingerprint density at radius 2 is 2.12 bits per heavy atom. The lowest BCUT2D eigenvalue weighted by Gasteiger charge is -2.28. The van der Waals surface area contributed by atoms with Crippen LogP contribution in [0.4, 0.5) is 8.78 Å². The van der Waals surface area contributed by atoms with E-state index in [0.717, 1.165) is 19.4 Å². The molecule has 0 spiro atoms. The van der Waals surface area contributed by atoms with E-state index in [-0.39, 0.29) is 23.4 Å². The van der Waals surface area contributed by atoms with Crippen LogP contribution in [0.2, 0.25) is 0 Å². The molecule has 1 saturated heterocycles. The van der Waals surface area contributed by atoms with Crippen LogP contribution in [-0.4, -0.2) is 46.1 Å². The number of alkyl halides is 2. The highest BCUT2D eigenvalue weighted by atomic mass is 19.3. The highest BCUT2D eigenvalue weighted by Crippen LogP contribution is 2.19. The molecule has 7 nitrogen and oxygen atoms in total. The highest BCUT2D eigenvalue weighted by molar-refractivity contribution is 5.93. The zero-order chi connectivity index (χ0) is 18.7. The molecule has 2 aromatic rings. The molecule has 1 aliphatic heterocycles. The van der Waals surface area contributed by atoms with E-state index in [2.05, 4.69) is 32.6 Å². The molecule has 1 fully saturated rings. The van der Waals surface area contributed by atoms with Gasteiger partial charge in [0.2, 0.25) is 0 Å². The molecule has 0 saturated carbocycles. The monoisotopic (exact) mass is 365 g/mol. The standard InChI is InChI=1S/C17H21F2N5O2/c1-10-9-12(7-8-20-10)21-16(25)15-11(2)24(23-22-15)13-3-5-14(6-4-13)26-17(18)19/h3-6,10,12,17,20H,7-9H2,1-2H3,(H,21,25). The highest BCUT2D eigenvalue weighted by Gasteiger charge is 2.23. The molecule has 9 heteroatoms. The maximum Gasteiger partial charge on any atom is 0.387 e. The van der Waals surface area contributed by atoms with Crippen LogP contribution in [0.3, 0.4) is 0 Å². The maximum absolute atomic E-state index is 12.5. The van der Waals surface area contributed by atoms with Crippen LogP contribution >= 0.6 is 0 Å². The molecule has 140 valence electrons. The number of ether oxygens (including phenoxy) is 1. The number of amides is 1. The number of aromatic nitrogens is 3. The fourth-order valence-corrected chi connectivity index (χ4v) is 3.07. The fraction of sp³-hybridized carbons (Fsp3) is 0.471. The van der Waals surface area contributed by atoms with Gasteiger partial charge in [-0.05, 0) is 57.5 Å². The first-order valence-electron chi connectivity index (χ1n) is 8.46. The number of benzene rings is 1. The van der Waals surface area contributed by atoms with Crippen LogP contribution < -0.4 is 15.4 Å². The smallest absolute Gasteiger partial charge is 0.387 e. The summed E-state index contributed by atoms with van der Waals surface area (Å²) in [6.45, 7) is 1.82. The Balaban J connectivity index is 1.72. The molecule has 2 heterocycles. The SMILES string of the molecule is Cc1c(C(=O)NC2CCNC(C)C2)nnn1-c1ccc(OC(F)F)cc1. The first kappa shape index (κ1) is 18.2. The van der Waals surface area contributed by atoms with E-state index in [4.69, 9.17) is 0 Å². The molecule has 2 N–H and O–H groups in total. The Morgan fingerprint density at radius 1 is 1.38 bits per heavy atom. The minimum absolute atomic E-state index is 0.0551. The normalized spacial score (nSPS) is 20.2. The van der Waals surface area contributed by atoms with E-state index in [9.17, 15) is 13.6 Å². The minimum atomic E-state index is -2.87. The summed E-state index contributed by atoms with van der Waals surface area (Å²) in [5, 5.41) is 14.3. The molecule has 1 aliphatic rings. The van der Waals surface area contributed by atoms with Gasteiger partial charge in [0.15, 0.2) is 5.69 Å². The van der Waals surface area contributed by atoms with Crippen LogP contribution in [0.1, 0.15) is 35.9 Å². The van der Waals surface area contributed by atoms with Crippen molar-refractivity contribution in [2.45, 2.75) is 45.4 Å². The van der Waals surface area contributed by atoms with Crippen molar-refractivity contribution >= 4 is 5.91 Å². The van der Waals surface area contributed by atoms with Crippen molar-refractivity contribution < 1.29 is 18.3 Å². The van der Waals surface area contributed by atoms with Crippen LogP contribution in [0.25, 0.3) is 5.69 Å². The van der Waals surface area contributed by atoms with Crippen molar-refractivity contribution in [3.05, 3.63) is 35.7 Å². The lowest BCUT2D eigenvalue weighted by Crippen LogP contribution is -2.46. The van der Waals surface area contributed by atoms with Crippen LogP contribution in [0.5, 0.6) is 5.75 Å². The average Bonchev–Trinajstić information content (AvgIpc) is 2.97. The molecule has 1 aromatic heterocycles. The molecule has 0 bridgehead atoms. The zero-order valence-electron chi connectivity index (χ0n) is 14.6. The molecule has 2 atom stereocenters. The number of nitrogens with one attached hydrogen (secondary N) is 2. The number of hydrogen-bond donors (Lipinski definition) is 2. The lowest BCUT2D eigenvalue weighted by atomic mass is 10.0. The second-order valence-corrected chi connectivity index (χ2v) is 6.36. The molecular formula is C17H21F2N5O2. The predicted molar refractivity (Wildman–Crippen MR) is 90.7 cm³/mol. The number of carbonyl (C=O) groups excluding carboxylic acids is 1. The third kappa shape index (κ3) is 4.16. The summed E-state index contributed by atoms with van der Waals surface area (Å²) in [6, 6.07) is 6.46. The number of nitrogens with zero attached hydrogens (tertiary/aromatic N) is 3. The molecule has 1 aromatic carbocycles. The molecule has 2 unspecified atom stereocenters. The summed E-state index contributed by atoms with van der Waals surface area (Å²) in [5.74, 6) is -0.204. The van der Waals surface area contributed by atoms with Gasteiger partial charge in [0.05, 0.1) is 11.4 Å². The van der Waals surface area contributed by atoms with Gasteiger partial charge < -0.3 is 15.4 Å². The van der Waals surface area contributed by atoms with E-state index in [1.165, 1.54) is 16.8 Å². The summed E-state index contributed by atoms with van der Waals surface area (Å²) < 4.78 is 30.3. The van der Waals surface area contributed by atoms with Crippen molar-refractivity contribution in [2.75, 3.05) is 6.54 Å². The van der Waals surface area contributed by atoms with Gasteiger partial charge in [-0.15, -0.1) is 5.10 Å². The van der Waals surface area contributed by atoms with Crippen molar-refractivity contribution in [3.8, 4) is 11.4 Å². The van der Waals surface area contributed by atoms with Gasteiger partial charge in [0.1, 0.15) is 5.75 Å². The van der Waals surface area contributed by atoms with Gasteiger partial charge in [-0.1, -0.05) is 5.21 Å². The fourth-order valence-electron chi connectivity index (χ4n) is 3.07. The average molecular weight is 365 g/mol. The largest absolute Gasteiger partial charge is 0.435 e. The Kier molecular flexibility index (Phi) is 5.46. The first-order valence-corrected chi connectivity index (χ1v) is 8.46. The first-order chi connectivity index (χ1) is 12.4. The quantitative estimate of drug-likeness (QED) is 0.848. The number of carbonyl (C=O) groups is 1. The van der Waals surface area contributed by atoms with Crippen molar-refractivity contribution in [1.29, 1.82) is 0 Å². The van der Waals surface area contributed by atoms with Gasteiger partial charge >= 0.3 is 6.61 Å². The number of halogens is 2. The van der Waals surface area contributed by atoms with Gasteiger partial charge in [-0.2, -0.15) is 8.78 Å². The van der Waals surface area contributed by atoms with Crippen LogP contribution in [-0.2, 0) is 0 Å². The van der Waals surface area contributed by atoms with E-state index in [0.29, 0.717) is 17.4 Å². The Bertz CT molecular complexity index is 763. The summed E-state index contributed by atoms with van der Waals surface area (Å²) in [4.78, 5) is 12.5. The van der Waals surface area contributed by atoms with Crippen LogP contribution in [0.15, 0.2) is 24.3 Å². The summed E-state index contributed by atoms with van der Waals surface area (Å²) >= 11 is 0. The Labute approximate surface area is 149 Å². The zero-order valence-corrected chi connectivity index (χ0v) is 14.6. The number of hydrogen-bond acceptors (Lipinski definition) is 5. The molecule has 26 heavy (non-hydrogen) atoms. The summed E-state index contributed by atoms with van der Waals surface area (Å²) in [5.41, 5.74) is 1.43. The van der Waals surface area contributed by atoms with Gasteiger partial charge in [-0.3, -0.25) is 4.79 Å². The van der Waals surface area contributed by atoms with E-state index >= 15 is 0 Å². The molecule has 1 amide bonds. The van der Waals surface area contributed by atoms with E-state index < -0.39 is 6.61 Å².